The van der Waals surface area contributed by atoms with Crippen molar-refractivity contribution in [2.45, 2.75) is 25.7 Å². The van der Waals surface area contributed by atoms with Crippen molar-refractivity contribution in [3.05, 3.63) is 12.2 Å². The lowest BCUT2D eigenvalue weighted by Gasteiger charge is -2.21. The molecule has 80 valence electrons. The fourth-order valence-electron chi connectivity index (χ4n) is 1.73. The van der Waals surface area contributed by atoms with E-state index < -0.39 is 0 Å². The molecule has 1 heterocycles. The fraction of sp³-hybridized carbons (Fsp3) is 0.727. The van der Waals surface area contributed by atoms with Crippen molar-refractivity contribution in [3.63, 3.8) is 0 Å². The summed E-state index contributed by atoms with van der Waals surface area (Å²) < 4.78 is 4.61. The SMILES string of the molecule is C=C(CC(=O)OC)CC1CCCSC1. The second-order valence-electron chi connectivity index (χ2n) is 3.79. The van der Waals surface area contributed by atoms with Crippen LogP contribution in [0.15, 0.2) is 12.2 Å². The third-order valence-corrected chi connectivity index (χ3v) is 3.74. The Labute approximate surface area is 90.1 Å². The monoisotopic (exact) mass is 214 g/mol. The zero-order chi connectivity index (χ0) is 10.4. The second-order valence-corrected chi connectivity index (χ2v) is 4.94. The summed E-state index contributed by atoms with van der Waals surface area (Å²) in [4.78, 5) is 11.0. The van der Waals surface area contributed by atoms with E-state index in [4.69, 9.17) is 0 Å². The van der Waals surface area contributed by atoms with Crippen molar-refractivity contribution < 1.29 is 9.53 Å². The van der Waals surface area contributed by atoms with Crippen LogP contribution >= 0.6 is 11.8 Å². The minimum atomic E-state index is -0.168. The van der Waals surface area contributed by atoms with Gasteiger partial charge < -0.3 is 4.74 Å². The molecule has 0 radical (unpaired) electrons. The van der Waals surface area contributed by atoms with Gasteiger partial charge in [-0.25, -0.2) is 0 Å². The van der Waals surface area contributed by atoms with E-state index in [0.717, 1.165) is 17.9 Å². The highest BCUT2D eigenvalue weighted by Crippen LogP contribution is 2.28. The van der Waals surface area contributed by atoms with Gasteiger partial charge in [-0.3, -0.25) is 4.79 Å². The maximum Gasteiger partial charge on any atom is 0.309 e. The van der Waals surface area contributed by atoms with Gasteiger partial charge in [-0.15, -0.1) is 0 Å². The maximum absolute atomic E-state index is 11.0. The highest BCUT2D eigenvalue weighted by atomic mass is 32.2. The van der Waals surface area contributed by atoms with Crippen LogP contribution in [0.5, 0.6) is 0 Å². The molecule has 1 aliphatic rings. The Bertz CT molecular complexity index is 207. The average Bonchev–Trinajstić information content (AvgIpc) is 2.19. The summed E-state index contributed by atoms with van der Waals surface area (Å²) in [6.45, 7) is 3.93. The Kier molecular flexibility index (Phi) is 5.09. The van der Waals surface area contributed by atoms with Crippen molar-refractivity contribution >= 4 is 17.7 Å². The van der Waals surface area contributed by atoms with E-state index in [1.165, 1.54) is 31.5 Å². The molecule has 3 heteroatoms. The summed E-state index contributed by atoms with van der Waals surface area (Å²) in [5.74, 6) is 3.07. The Morgan fingerprint density at radius 1 is 1.64 bits per heavy atom. The smallest absolute Gasteiger partial charge is 0.309 e. The first-order valence-electron chi connectivity index (χ1n) is 5.03. The van der Waals surface area contributed by atoms with Crippen molar-refractivity contribution in [1.29, 1.82) is 0 Å². The molecule has 0 saturated carbocycles. The lowest BCUT2D eigenvalue weighted by molar-refractivity contribution is -0.139. The molecule has 1 rings (SSSR count). The molecule has 0 spiro atoms. The number of carbonyl (C=O) groups excluding carboxylic acids is 1. The highest BCUT2D eigenvalue weighted by molar-refractivity contribution is 7.99. The van der Waals surface area contributed by atoms with Crippen LogP contribution in [0.1, 0.15) is 25.7 Å². The Morgan fingerprint density at radius 3 is 3.00 bits per heavy atom. The largest absolute Gasteiger partial charge is 0.469 e. The van der Waals surface area contributed by atoms with Gasteiger partial charge in [0.1, 0.15) is 0 Å². The first-order chi connectivity index (χ1) is 6.72. The summed E-state index contributed by atoms with van der Waals surface area (Å²) >= 11 is 2.01. The number of hydrogen-bond acceptors (Lipinski definition) is 3. The molecule has 1 aliphatic heterocycles. The maximum atomic E-state index is 11.0. The number of rotatable bonds is 4. The van der Waals surface area contributed by atoms with Crippen LogP contribution in [0.4, 0.5) is 0 Å². The summed E-state index contributed by atoms with van der Waals surface area (Å²) in [6, 6.07) is 0. The minimum absolute atomic E-state index is 0.168. The van der Waals surface area contributed by atoms with Crippen molar-refractivity contribution in [2.75, 3.05) is 18.6 Å². The lowest BCUT2D eigenvalue weighted by Crippen LogP contribution is -2.12. The Hall–Kier alpha value is -0.440. The van der Waals surface area contributed by atoms with Gasteiger partial charge in [0.15, 0.2) is 0 Å². The lowest BCUT2D eigenvalue weighted by atomic mass is 9.96. The summed E-state index contributed by atoms with van der Waals surface area (Å²) in [6.07, 6.45) is 3.97. The van der Waals surface area contributed by atoms with E-state index in [0.29, 0.717) is 6.42 Å². The van der Waals surface area contributed by atoms with Crippen molar-refractivity contribution in [1.82, 2.24) is 0 Å². The van der Waals surface area contributed by atoms with Crippen LogP contribution in [0.2, 0.25) is 0 Å². The molecule has 1 unspecified atom stereocenters. The van der Waals surface area contributed by atoms with Crippen LogP contribution in [-0.4, -0.2) is 24.6 Å². The number of ether oxygens (including phenoxy) is 1. The Balaban J connectivity index is 2.21. The van der Waals surface area contributed by atoms with E-state index in [1.807, 2.05) is 11.8 Å². The van der Waals surface area contributed by atoms with Crippen LogP contribution < -0.4 is 0 Å². The third-order valence-electron chi connectivity index (χ3n) is 2.45. The van der Waals surface area contributed by atoms with E-state index in [9.17, 15) is 4.79 Å². The Morgan fingerprint density at radius 2 is 2.43 bits per heavy atom. The summed E-state index contributed by atoms with van der Waals surface area (Å²) in [7, 11) is 1.42. The van der Waals surface area contributed by atoms with Crippen LogP contribution in [-0.2, 0) is 9.53 Å². The van der Waals surface area contributed by atoms with Crippen LogP contribution in [0.3, 0.4) is 0 Å². The van der Waals surface area contributed by atoms with Gasteiger partial charge in [0.05, 0.1) is 13.5 Å². The standard InChI is InChI=1S/C11H18O2S/c1-9(7-11(12)13-2)6-10-4-3-5-14-8-10/h10H,1,3-8H2,2H3. The van der Waals surface area contributed by atoms with Crippen LogP contribution in [0, 0.1) is 5.92 Å². The van der Waals surface area contributed by atoms with E-state index in [1.54, 1.807) is 0 Å². The molecule has 1 saturated heterocycles. The molecule has 1 fully saturated rings. The molecule has 0 amide bonds. The average molecular weight is 214 g/mol. The normalized spacial score (nSPS) is 21.6. The van der Waals surface area contributed by atoms with E-state index in [2.05, 4.69) is 11.3 Å². The molecule has 0 bridgehead atoms. The molecule has 2 nitrogen and oxygen atoms in total. The number of carbonyl (C=O) groups is 1. The molecule has 0 aromatic carbocycles. The summed E-state index contributed by atoms with van der Waals surface area (Å²) in [5, 5.41) is 0. The third kappa shape index (κ3) is 4.18. The van der Waals surface area contributed by atoms with Gasteiger partial charge in [-0.1, -0.05) is 12.2 Å². The van der Waals surface area contributed by atoms with Gasteiger partial charge in [0, 0.05) is 0 Å². The molecule has 1 atom stereocenters. The molecule has 0 aromatic heterocycles. The second kappa shape index (κ2) is 6.12. The number of thioether (sulfide) groups is 1. The first kappa shape index (κ1) is 11.6. The van der Waals surface area contributed by atoms with Crippen molar-refractivity contribution in [3.8, 4) is 0 Å². The molecular formula is C11H18O2S. The number of esters is 1. The predicted molar refractivity (Wildman–Crippen MR) is 60.4 cm³/mol. The van der Waals surface area contributed by atoms with Crippen LogP contribution in [0.25, 0.3) is 0 Å². The van der Waals surface area contributed by atoms with Crippen molar-refractivity contribution in [2.24, 2.45) is 5.92 Å². The zero-order valence-corrected chi connectivity index (χ0v) is 9.57. The number of hydrogen-bond donors (Lipinski definition) is 0. The van der Waals surface area contributed by atoms with E-state index >= 15 is 0 Å². The predicted octanol–water partition coefficient (Wildman–Crippen LogP) is 2.64. The van der Waals surface area contributed by atoms with Gasteiger partial charge in [0.25, 0.3) is 0 Å². The molecular weight excluding hydrogens is 196 g/mol. The fourth-order valence-corrected chi connectivity index (χ4v) is 2.88. The topological polar surface area (TPSA) is 26.3 Å². The zero-order valence-electron chi connectivity index (χ0n) is 8.75. The van der Waals surface area contributed by atoms with Gasteiger partial charge in [-0.2, -0.15) is 11.8 Å². The summed E-state index contributed by atoms with van der Waals surface area (Å²) in [5.41, 5.74) is 1.02. The molecule has 0 aromatic rings. The first-order valence-corrected chi connectivity index (χ1v) is 6.19. The number of methoxy groups -OCH3 is 1. The van der Waals surface area contributed by atoms with Gasteiger partial charge in [-0.05, 0) is 36.7 Å². The van der Waals surface area contributed by atoms with Gasteiger partial charge in [0.2, 0.25) is 0 Å². The molecule has 0 N–H and O–H groups in total. The highest BCUT2D eigenvalue weighted by Gasteiger charge is 2.15. The quantitative estimate of drug-likeness (QED) is 0.531. The minimum Gasteiger partial charge on any atom is -0.469 e. The molecule has 0 aliphatic carbocycles. The molecule has 14 heavy (non-hydrogen) atoms. The van der Waals surface area contributed by atoms with E-state index in [-0.39, 0.29) is 5.97 Å². The van der Waals surface area contributed by atoms with Gasteiger partial charge >= 0.3 is 5.97 Å².